The zero-order valence-corrected chi connectivity index (χ0v) is 15.4. The smallest absolute Gasteiger partial charge is 0.220 e. The molecule has 6 heteroatoms. The van der Waals surface area contributed by atoms with Gasteiger partial charge < -0.3 is 15.2 Å². The van der Waals surface area contributed by atoms with Crippen LogP contribution in [-0.4, -0.2) is 29.2 Å². The first kappa shape index (κ1) is 18.7. The lowest BCUT2D eigenvalue weighted by Gasteiger charge is -2.38. The summed E-state index contributed by atoms with van der Waals surface area (Å²) in [5.74, 6) is 0.747. The average Bonchev–Trinajstić information content (AvgIpc) is 2.63. The van der Waals surface area contributed by atoms with Crippen molar-refractivity contribution in [2.75, 3.05) is 7.11 Å². The highest BCUT2D eigenvalue weighted by Gasteiger charge is 2.35. The quantitative estimate of drug-likeness (QED) is 0.780. The van der Waals surface area contributed by atoms with Crippen LogP contribution in [0.3, 0.4) is 0 Å². The van der Waals surface area contributed by atoms with Crippen LogP contribution in [0.5, 0.6) is 5.88 Å². The van der Waals surface area contributed by atoms with Crippen LogP contribution in [0.15, 0.2) is 42.6 Å². The van der Waals surface area contributed by atoms with Gasteiger partial charge in [0.2, 0.25) is 11.8 Å². The number of amides is 1. The summed E-state index contributed by atoms with van der Waals surface area (Å²) in [6.07, 6.45) is 3.89. The number of rotatable bonds is 7. The summed E-state index contributed by atoms with van der Waals surface area (Å²) in [5.41, 5.74) is 2.01. The van der Waals surface area contributed by atoms with E-state index in [1.807, 2.05) is 30.3 Å². The van der Waals surface area contributed by atoms with Crippen LogP contribution in [0.4, 0.5) is 0 Å². The van der Waals surface area contributed by atoms with Crippen molar-refractivity contribution in [2.24, 2.45) is 5.92 Å². The van der Waals surface area contributed by atoms with E-state index in [-0.39, 0.29) is 24.0 Å². The van der Waals surface area contributed by atoms with Crippen LogP contribution in [-0.2, 0) is 11.2 Å². The van der Waals surface area contributed by atoms with Crippen LogP contribution < -0.4 is 10.1 Å². The molecular formula is C20H23ClN2O3. The van der Waals surface area contributed by atoms with Crippen LogP contribution >= 0.6 is 11.6 Å². The predicted molar refractivity (Wildman–Crippen MR) is 100 cm³/mol. The second-order valence-corrected chi connectivity index (χ2v) is 7.13. The van der Waals surface area contributed by atoms with Crippen LogP contribution in [0.1, 0.15) is 36.4 Å². The third-order valence-corrected chi connectivity index (χ3v) is 5.07. The van der Waals surface area contributed by atoms with E-state index in [2.05, 4.69) is 10.3 Å². The Kier molecular flexibility index (Phi) is 6.12. The number of methoxy groups -OCH3 is 1. The minimum atomic E-state index is -0.278. The first-order chi connectivity index (χ1) is 12.5. The maximum absolute atomic E-state index is 12.5. The van der Waals surface area contributed by atoms with Gasteiger partial charge in [-0.15, -0.1) is 0 Å². The molecular weight excluding hydrogens is 352 g/mol. The topological polar surface area (TPSA) is 71.5 Å². The second kappa shape index (κ2) is 8.52. The summed E-state index contributed by atoms with van der Waals surface area (Å²) in [5, 5.41) is 13.5. The normalized spacial score (nSPS) is 20.1. The van der Waals surface area contributed by atoms with Crippen molar-refractivity contribution in [1.82, 2.24) is 10.3 Å². The Morgan fingerprint density at radius 3 is 2.62 bits per heavy atom. The molecule has 0 bridgehead atoms. The zero-order valence-electron chi connectivity index (χ0n) is 14.7. The van der Waals surface area contributed by atoms with Gasteiger partial charge in [-0.2, -0.15) is 0 Å². The lowest BCUT2D eigenvalue weighted by atomic mass is 9.75. The number of nitrogens with zero attached hydrogens (tertiary/aromatic N) is 1. The van der Waals surface area contributed by atoms with Gasteiger partial charge in [0.15, 0.2) is 0 Å². The molecule has 2 aromatic rings. The number of ether oxygens (including phenoxy) is 1. The fourth-order valence-corrected chi connectivity index (χ4v) is 3.35. The molecule has 1 aromatic heterocycles. The van der Waals surface area contributed by atoms with E-state index in [1.165, 1.54) is 0 Å². The number of pyridine rings is 1. The van der Waals surface area contributed by atoms with Crippen molar-refractivity contribution >= 4 is 17.5 Å². The summed E-state index contributed by atoms with van der Waals surface area (Å²) in [7, 11) is 1.57. The van der Waals surface area contributed by atoms with Gasteiger partial charge in [-0.3, -0.25) is 4.79 Å². The Bertz CT molecular complexity index is 728. The maximum Gasteiger partial charge on any atom is 0.220 e. The standard InChI is InChI=1S/C20H23ClN2O3/c1-26-19-9-5-14(12-22-19)20(15-10-17(24)11-15)23-18(25)8-4-13-2-6-16(21)7-3-13/h2-3,5-7,9,12,15,17,20,24H,4,8,10-11H2,1H3,(H,23,25)/t15?,17?,20-/m0/s1. The van der Waals surface area contributed by atoms with E-state index in [4.69, 9.17) is 16.3 Å². The molecule has 1 amide bonds. The number of carbonyl (C=O) groups excluding carboxylic acids is 1. The van der Waals surface area contributed by atoms with Crippen molar-refractivity contribution in [3.63, 3.8) is 0 Å². The van der Waals surface area contributed by atoms with Gasteiger partial charge in [0, 0.05) is 23.7 Å². The molecule has 3 rings (SSSR count). The summed E-state index contributed by atoms with van der Waals surface area (Å²) in [4.78, 5) is 16.7. The first-order valence-electron chi connectivity index (χ1n) is 8.77. The number of carbonyl (C=O) groups is 1. The maximum atomic E-state index is 12.5. The fourth-order valence-electron chi connectivity index (χ4n) is 3.23. The average molecular weight is 375 g/mol. The number of hydrogen-bond donors (Lipinski definition) is 2. The summed E-state index contributed by atoms with van der Waals surface area (Å²) < 4.78 is 5.10. The molecule has 1 fully saturated rings. The third-order valence-electron chi connectivity index (χ3n) is 4.82. The van der Waals surface area contributed by atoms with Crippen molar-refractivity contribution in [2.45, 2.75) is 37.8 Å². The van der Waals surface area contributed by atoms with Crippen molar-refractivity contribution < 1.29 is 14.6 Å². The van der Waals surface area contributed by atoms with Gasteiger partial charge >= 0.3 is 0 Å². The van der Waals surface area contributed by atoms with Crippen LogP contribution in [0.25, 0.3) is 0 Å². The molecule has 1 aliphatic carbocycles. The highest BCUT2D eigenvalue weighted by Crippen LogP contribution is 2.38. The molecule has 0 spiro atoms. The largest absolute Gasteiger partial charge is 0.481 e. The minimum Gasteiger partial charge on any atom is -0.481 e. The Labute approximate surface area is 158 Å². The molecule has 5 nitrogen and oxygen atoms in total. The Morgan fingerprint density at radius 1 is 1.31 bits per heavy atom. The molecule has 1 saturated carbocycles. The first-order valence-corrected chi connectivity index (χ1v) is 9.14. The molecule has 2 N–H and O–H groups in total. The van der Waals surface area contributed by atoms with Crippen molar-refractivity contribution in [1.29, 1.82) is 0 Å². The fraction of sp³-hybridized carbons (Fsp3) is 0.400. The van der Waals surface area contributed by atoms with Crippen LogP contribution in [0, 0.1) is 5.92 Å². The summed E-state index contributed by atoms with van der Waals surface area (Å²) in [6, 6.07) is 11.1. The van der Waals surface area contributed by atoms with E-state index >= 15 is 0 Å². The number of nitrogens with one attached hydrogen (secondary N) is 1. The van der Waals surface area contributed by atoms with Gasteiger partial charge in [0.25, 0.3) is 0 Å². The van der Waals surface area contributed by atoms with Gasteiger partial charge in [-0.1, -0.05) is 29.8 Å². The number of hydrogen-bond acceptors (Lipinski definition) is 4. The Hall–Kier alpha value is -2.11. The molecule has 26 heavy (non-hydrogen) atoms. The van der Waals surface area contributed by atoms with Crippen molar-refractivity contribution in [3.05, 3.63) is 58.7 Å². The predicted octanol–water partition coefficient (Wildman–Crippen LogP) is 3.30. The van der Waals surface area contributed by atoms with Crippen molar-refractivity contribution in [3.8, 4) is 5.88 Å². The lowest BCUT2D eigenvalue weighted by Crippen LogP contribution is -2.41. The molecule has 0 unspecified atom stereocenters. The third kappa shape index (κ3) is 4.74. The number of aromatic nitrogens is 1. The molecule has 0 aliphatic heterocycles. The molecule has 1 atom stereocenters. The zero-order chi connectivity index (χ0) is 18.5. The minimum absolute atomic E-state index is 0.0119. The van der Waals surface area contributed by atoms with E-state index in [0.717, 1.165) is 11.1 Å². The van der Waals surface area contributed by atoms with Gasteiger partial charge in [0.05, 0.1) is 19.3 Å². The molecule has 1 aliphatic rings. The highest BCUT2D eigenvalue weighted by molar-refractivity contribution is 6.30. The van der Waals surface area contributed by atoms with Gasteiger partial charge in [0.1, 0.15) is 0 Å². The molecule has 138 valence electrons. The number of aliphatic hydroxyl groups excluding tert-OH is 1. The number of benzene rings is 1. The number of halogens is 1. The van der Waals surface area contributed by atoms with E-state index < -0.39 is 0 Å². The Balaban J connectivity index is 1.62. The molecule has 0 saturated heterocycles. The van der Waals surface area contributed by atoms with Gasteiger partial charge in [-0.25, -0.2) is 4.98 Å². The number of aryl methyl sites for hydroxylation is 1. The summed E-state index contributed by atoms with van der Waals surface area (Å²) >= 11 is 5.89. The number of aliphatic hydroxyl groups is 1. The second-order valence-electron chi connectivity index (χ2n) is 6.69. The van der Waals surface area contributed by atoms with E-state index in [0.29, 0.717) is 36.6 Å². The highest BCUT2D eigenvalue weighted by atomic mass is 35.5. The SMILES string of the molecule is COc1ccc([C@H](NC(=O)CCc2ccc(Cl)cc2)C2CC(O)C2)cn1. The van der Waals surface area contributed by atoms with E-state index in [1.54, 1.807) is 19.4 Å². The Morgan fingerprint density at radius 2 is 2.04 bits per heavy atom. The van der Waals surface area contributed by atoms with Gasteiger partial charge in [-0.05, 0) is 48.4 Å². The molecule has 0 radical (unpaired) electrons. The summed E-state index contributed by atoms with van der Waals surface area (Å²) in [6.45, 7) is 0. The molecule has 1 aromatic carbocycles. The monoisotopic (exact) mass is 374 g/mol. The van der Waals surface area contributed by atoms with E-state index in [9.17, 15) is 9.90 Å². The van der Waals surface area contributed by atoms with Crippen LogP contribution in [0.2, 0.25) is 5.02 Å². The lowest BCUT2D eigenvalue weighted by molar-refractivity contribution is -0.123. The molecule has 1 heterocycles.